The smallest absolute Gasteiger partial charge is 0.338 e. The minimum atomic E-state index is -1.30. The van der Waals surface area contributed by atoms with E-state index < -0.39 is 17.9 Å². The van der Waals surface area contributed by atoms with Crippen LogP contribution in [-0.4, -0.2) is 34.3 Å². The number of benzene rings is 1. The number of carbonyl (C=O) groups is 1. The van der Waals surface area contributed by atoms with E-state index in [1.165, 1.54) is 18.6 Å². The summed E-state index contributed by atoms with van der Waals surface area (Å²) in [5.74, 6) is -0.770. The van der Waals surface area contributed by atoms with Gasteiger partial charge in [-0.25, -0.2) is 14.2 Å². The molecule has 0 amide bonds. The highest BCUT2D eigenvalue weighted by Crippen LogP contribution is 2.39. The fourth-order valence-electron chi connectivity index (χ4n) is 4.09. The van der Waals surface area contributed by atoms with Gasteiger partial charge in [-0.2, -0.15) is 0 Å². The molecule has 1 fully saturated rings. The first-order valence-corrected chi connectivity index (χ1v) is 9.66. The molecule has 0 radical (unpaired) electrons. The largest absolute Gasteiger partial charge is 0.488 e. The van der Waals surface area contributed by atoms with E-state index in [0.29, 0.717) is 30.4 Å². The third-order valence-electron chi connectivity index (χ3n) is 5.61. The number of rotatable bonds is 4. The quantitative estimate of drug-likeness (QED) is 0.824. The van der Waals surface area contributed by atoms with Crippen molar-refractivity contribution in [1.82, 2.24) is 4.98 Å². The highest BCUT2D eigenvalue weighted by molar-refractivity contribution is 5.88. The lowest BCUT2D eigenvalue weighted by molar-refractivity contribution is 0.0692. The van der Waals surface area contributed by atoms with Gasteiger partial charge in [-0.05, 0) is 43.0 Å². The summed E-state index contributed by atoms with van der Waals surface area (Å²) in [4.78, 5) is 17.3. The fraction of sp³-hybridized carbons (Fsp3) is 0.429. The maximum absolute atomic E-state index is 14.1. The first kappa shape index (κ1) is 18.7. The van der Waals surface area contributed by atoms with Crippen molar-refractivity contribution in [3.63, 3.8) is 0 Å². The lowest BCUT2D eigenvalue weighted by Gasteiger charge is -2.32. The second kappa shape index (κ2) is 7.75. The molecule has 0 spiro atoms. The molecule has 2 aromatic rings. The predicted molar refractivity (Wildman–Crippen MR) is 102 cm³/mol. The minimum absolute atomic E-state index is 0.242. The van der Waals surface area contributed by atoms with Crippen molar-refractivity contribution in [3.05, 3.63) is 47.4 Å². The zero-order valence-electron chi connectivity index (χ0n) is 15.5. The van der Waals surface area contributed by atoms with E-state index in [1.54, 1.807) is 17.2 Å². The van der Waals surface area contributed by atoms with Crippen LogP contribution in [0.2, 0.25) is 0 Å². The first-order chi connectivity index (χ1) is 13.5. The Morgan fingerprint density at radius 2 is 2.04 bits per heavy atom. The molecule has 1 aliphatic carbocycles. The first-order valence-electron chi connectivity index (χ1n) is 9.66. The number of hydrogen-bond acceptors (Lipinski definition) is 5. The van der Waals surface area contributed by atoms with E-state index >= 15 is 0 Å². The molecule has 7 heteroatoms. The summed E-state index contributed by atoms with van der Waals surface area (Å²) in [6, 6.07) is 5.83. The average molecular weight is 386 g/mol. The molecule has 148 valence electrons. The molecule has 1 aromatic heterocycles. The monoisotopic (exact) mass is 386 g/mol. The van der Waals surface area contributed by atoms with Crippen LogP contribution >= 0.6 is 0 Å². The van der Waals surface area contributed by atoms with Gasteiger partial charge in [-0.15, -0.1) is 0 Å². The number of anilines is 2. The maximum atomic E-state index is 14.1. The molecule has 1 aliphatic heterocycles. The Balaban J connectivity index is 1.61. The van der Waals surface area contributed by atoms with Crippen LogP contribution in [0.5, 0.6) is 5.75 Å². The van der Waals surface area contributed by atoms with Crippen molar-refractivity contribution >= 4 is 17.5 Å². The Bertz CT molecular complexity index is 883. The zero-order valence-corrected chi connectivity index (χ0v) is 15.5. The topological polar surface area (TPSA) is 82.9 Å². The number of ether oxygens (including phenoxy) is 1. The Hall–Kier alpha value is -2.67. The molecule has 0 bridgehead atoms. The van der Waals surface area contributed by atoms with Crippen LogP contribution in [0.3, 0.4) is 0 Å². The van der Waals surface area contributed by atoms with Crippen molar-refractivity contribution in [2.24, 2.45) is 5.92 Å². The van der Waals surface area contributed by atoms with Gasteiger partial charge in [0.15, 0.2) is 11.6 Å². The molecule has 1 atom stereocenters. The molecule has 2 N–H and O–H groups in total. The Morgan fingerprint density at radius 3 is 2.75 bits per heavy atom. The van der Waals surface area contributed by atoms with Crippen LogP contribution in [0.15, 0.2) is 30.5 Å². The zero-order chi connectivity index (χ0) is 19.7. The van der Waals surface area contributed by atoms with Crippen LogP contribution < -0.4 is 9.64 Å². The molecule has 4 rings (SSSR count). The molecular formula is C21H23FN2O4. The standard InChI is InChI=1S/C21H23FN2O4/c22-17-11-15(6-7-16(17)21(26)27)24-8-9-28-18-10-14(12-23-20(18)24)19(25)13-4-2-1-3-5-13/h6-7,10-13,19,25H,1-5,8-9H2,(H,26,27). The van der Waals surface area contributed by atoms with Gasteiger partial charge in [0.1, 0.15) is 12.4 Å². The van der Waals surface area contributed by atoms with Gasteiger partial charge in [0.05, 0.1) is 18.2 Å². The Labute approximate surface area is 162 Å². The highest BCUT2D eigenvalue weighted by atomic mass is 19.1. The second-order valence-corrected chi connectivity index (χ2v) is 7.40. The van der Waals surface area contributed by atoms with E-state index in [4.69, 9.17) is 9.84 Å². The van der Waals surface area contributed by atoms with Gasteiger partial charge in [-0.3, -0.25) is 0 Å². The SMILES string of the molecule is O=C(O)c1ccc(N2CCOc3cc(C(O)C4CCCCC4)cnc32)cc1F. The van der Waals surface area contributed by atoms with Crippen molar-refractivity contribution in [1.29, 1.82) is 0 Å². The number of pyridine rings is 1. The lowest BCUT2D eigenvalue weighted by atomic mass is 9.83. The summed E-state index contributed by atoms with van der Waals surface area (Å²) < 4.78 is 19.9. The fourth-order valence-corrected chi connectivity index (χ4v) is 4.09. The number of halogens is 1. The van der Waals surface area contributed by atoms with Crippen LogP contribution in [-0.2, 0) is 0 Å². The molecular weight excluding hydrogens is 363 g/mol. The van der Waals surface area contributed by atoms with E-state index in [-0.39, 0.29) is 11.5 Å². The summed E-state index contributed by atoms with van der Waals surface area (Å²) in [7, 11) is 0. The van der Waals surface area contributed by atoms with Gasteiger partial charge in [0.25, 0.3) is 0 Å². The molecule has 6 nitrogen and oxygen atoms in total. The van der Waals surface area contributed by atoms with E-state index in [9.17, 15) is 14.3 Å². The molecule has 1 saturated carbocycles. The van der Waals surface area contributed by atoms with Crippen LogP contribution in [0.1, 0.15) is 54.1 Å². The summed E-state index contributed by atoms with van der Waals surface area (Å²) in [6.45, 7) is 0.857. The van der Waals surface area contributed by atoms with E-state index in [1.807, 2.05) is 6.07 Å². The third-order valence-corrected chi connectivity index (χ3v) is 5.61. The van der Waals surface area contributed by atoms with Gasteiger partial charge in [0.2, 0.25) is 0 Å². The molecule has 1 aromatic carbocycles. The predicted octanol–water partition coefficient (Wildman–Crippen LogP) is 4.06. The molecule has 0 saturated heterocycles. The van der Waals surface area contributed by atoms with Crippen LogP contribution in [0, 0.1) is 11.7 Å². The summed E-state index contributed by atoms with van der Waals surface area (Å²) in [6.07, 6.45) is 6.62. The second-order valence-electron chi connectivity index (χ2n) is 7.40. The van der Waals surface area contributed by atoms with Crippen molar-refractivity contribution < 1.29 is 24.1 Å². The number of carboxylic acid groups (broad SMARTS) is 1. The van der Waals surface area contributed by atoms with E-state index in [0.717, 1.165) is 31.2 Å². The van der Waals surface area contributed by atoms with Crippen molar-refractivity contribution in [2.75, 3.05) is 18.1 Å². The normalized spacial score (nSPS) is 18.3. The summed E-state index contributed by atoms with van der Waals surface area (Å²) in [5, 5.41) is 19.7. The Morgan fingerprint density at radius 1 is 1.25 bits per heavy atom. The van der Waals surface area contributed by atoms with Crippen LogP contribution in [0.4, 0.5) is 15.9 Å². The lowest BCUT2D eigenvalue weighted by Crippen LogP contribution is -2.30. The van der Waals surface area contributed by atoms with Crippen molar-refractivity contribution in [3.8, 4) is 5.75 Å². The number of nitrogens with zero attached hydrogens (tertiary/aromatic N) is 2. The van der Waals surface area contributed by atoms with Gasteiger partial charge >= 0.3 is 5.97 Å². The number of aliphatic hydroxyl groups excluding tert-OH is 1. The number of aliphatic hydroxyl groups is 1. The number of carboxylic acids is 1. The third kappa shape index (κ3) is 3.54. The van der Waals surface area contributed by atoms with Gasteiger partial charge < -0.3 is 19.8 Å². The maximum Gasteiger partial charge on any atom is 0.338 e. The van der Waals surface area contributed by atoms with Crippen molar-refractivity contribution in [2.45, 2.75) is 38.2 Å². The summed E-state index contributed by atoms with van der Waals surface area (Å²) in [5.41, 5.74) is 0.885. The average Bonchev–Trinajstić information content (AvgIpc) is 2.72. The van der Waals surface area contributed by atoms with Gasteiger partial charge in [-0.1, -0.05) is 19.3 Å². The van der Waals surface area contributed by atoms with E-state index in [2.05, 4.69) is 4.98 Å². The molecule has 1 unspecified atom stereocenters. The number of hydrogen-bond donors (Lipinski definition) is 2. The van der Waals surface area contributed by atoms with Crippen LogP contribution in [0.25, 0.3) is 0 Å². The number of fused-ring (bicyclic) bond motifs is 1. The van der Waals surface area contributed by atoms with Gasteiger partial charge in [0, 0.05) is 17.4 Å². The molecule has 2 aliphatic rings. The molecule has 2 heterocycles. The molecule has 28 heavy (non-hydrogen) atoms. The highest BCUT2D eigenvalue weighted by Gasteiger charge is 2.27. The Kier molecular flexibility index (Phi) is 5.17. The number of aromatic carboxylic acids is 1. The minimum Gasteiger partial charge on any atom is -0.488 e. The number of aromatic nitrogens is 1. The summed E-state index contributed by atoms with van der Waals surface area (Å²) >= 11 is 0.